The van der Waals surface area contributed by atoms with Crippen LogP contribution in [0, 0.1) is 3.57 Å². The number of aliphatic carboxylic acids is 3. The summed E-state index contributed by atoms with van der Waals surface area (Å²) in [5, 5.41) is 33.9. The molecular formula is C20H26IN3O8. The normalized spacial score (nSPS) is 12.3. The van der Waals surface area contributed by atoms with Crippen LogP contribution in [0.5, 0.6) is 0 Å². The fourth-order valence-corrected chi connectivity index (χ4v) is 3.05. The van der Waals surface area contributed by atoms with Crippen LogP contribution < -0.4 is 16.0 Å². The maximum atomic E-state index is 11.9. The van der Waals surface area contributed by atoms with Gasteiger partial charge in [0.15, 0.2) is 0 Å². The average Bonchev–Trinajstić information content (AvgIpc) is 2.71. The van der Waals surface area contributed by atoms with Gasteiger partial charge in [-0.05, 0) is 66.0 Å². The molecule has 0 saturated heterocycles. The van der Waals surface area contributed by atoms with E-state index in [-0.39, 0.29) is 25.2 Å². The van der Waals surface area contributed by atoms with Crippen molar-refractivity contribution in [3.05, 3.63) is 33.4 Å². The zero-order valence-corrected chi connectivity index (χ0v) is 19.3. The van der Waals surface area contributed by atoms with Crippen LogP contribution in [0.25, 0.3) is 0 Å². The predicted octanol–water partition coefficient (Wildman–Crippen LogP) is 1.19. The third kappa shape index (κ3) is 11.5. The highest BCUT2D eigenvalue weighted by Crippen LogP contribution is 2.07. The molecule has 2 atom stereocenters. The molecule has 0 aliphatic rings. The van der Waals surface area contributed by atoms with E-state index >= 15 is 0 Å². The van der Waals surface area contributed by atoms with Crippen LogP contribution in [0.1, 0.15) is 37.7 Å². The molecule has 176 valence electrons. The molecule has 0 bridgehead atoms. The van der Waals surface area contributed by atoms with E-state index in [1.807, 2.05) is 24.3 Å². The van der Waals surface area contributed by atoms with E-state index < -0.39 is 42.4 Å². The topological polar surface area (TPSA) is 182 Å². The lowest BCUT2D eigenvalue weighted by Crippen LogP contribution is -2.51. The number of hydrogen-bond donors (Lipinski definition) is 6. The van der Waals surface area contributed by atoms with Gasteiger partial charge in [0.05, 0.1) is 6.42 Å². The van der Waals surface area contributed by atoms with Gasteiger partial charge in [-0.1, -0.05) is 12.1 Å². The summed E-state index contributed by atoms with van der Waals surface area (Å²) in [6.07, 6.45) is 0.391. The summed E-state index contributed by atoms with van der Waals surface area (Å²) < 4.78 is 1.07. The number of benzene rings is 1. The highest BCUT2D eigenvalue weighted by molar-refractivity contribution is 14.1. The van der Waals surface area contributed by atoms with Crippen LogP contribution in [0.3, 0.4) is 0 Å². The number of carbonyl (C=O) groups excluding carboxylic acids is 2. The van der Waals surface area contributed by atoms with Gasteiger partial charge in [-0.25, -0.2) is 14.4 Å². The molecule has 0 spiro atoms. The SMILES string of the molecule is O=C(O)CCC(NC(=O)NC(CCCCNC(=O)Cc1ccc(I)cc1)C(=O)O)C(=O)O. The van der Waals surface area contributed by atoms with Crippen molar-refractivity contribution in [1.82, 2.24) is 16.0 Å². The Kier molecular flexibility index (Phi) is 12.1. The zero-order valence-electron chi connectivity index (χ0n) is 17.2. The molecule has 0 saturated carbocycles. The monoisotopic (exact) mass is 563 g/mol. The summed E-state index contributed by atoms with van der Waals surface area (Å²) in [5.41, 5.74) is 0.882. The summed E-state index contributed by atoms with van der Waals surface area (Å²) in [6, 6.07) is 3.82. The van der Waals surface area contributed by atoms with Crippen molar-refractivity contribution >= 4 is 52.4 Å². The molecular weight excluding hydrogens is 537 g/mol. The van der Waals surface area contributed by atoms with Crippen molar-refractivity contribution in [2.24, 2.45) is 0 Å². The number of urea groups is 1. The molecule has 1 rings (SSSR count). The second-order valence-electron chi connectivity index (χ2n) is 6.98. The van der Waals surface area contributed by atoms with Crippen LogP contribution in [-0.2, 0) is 25.6 Å². The molecule has 32 heavy (non-hydrogen) atoms. The Labute approximate surface area is 198 Å². The van der Waals surface area contributed by atoms with Gasteiger partial charge in [0.25, 0.3) is 0 Å². The number of amides is 3. The van der Waals surface area contributed by atoms with Crippen molar-refractivity contribution in [3.8, 4) is 0 Å². The lowest BCUT2D eigenvalue weighted by atomic mass is 10.1. The molecule has 0 aliphatic carbocycles. The molecule has 1 aromatic rings. The molecule has 12 heteroatoms. The van der Waals surface area contributed by atoms with Gasteiger partial charge >= 0.3 is 23.9 Å². The van der Waals surface area contributed by atoms with Crippen molar-refractivity contribution in [3.63, 3.8) is 0 Å². The molecule has 2 unspecified atom stereocenters. The first kappa shape index (κ1) is 27.1. The van der Waals surface area contributed by atoms with Gasteiger partial charge in [0.1, 0.15) is 12.1 Å². The maximum absolute atomic E-state index is 11.9. The highest BCUT2D eigenvalue weighted by Gasteiger charge is 2.24. The summed E-state index contributed by atoms with van der Waals surface area (Å²) in [4.78, 5) is 56.9. The second kappa shape index (κ2) is 14.2. The van der Waals surface area contributed by atoms with E-state index in [0.717, 1.165) is 9.13 Å². The van der Waals surface area contributed by atoms with Gasteiger partial charge in [-0.3, -0.25) is 9.59 Å². The quantitative estimate of drug-likeness (QED) is 0.144. The second-order valence-corrected chi connectivity index (χ2v) is 8.23. The van der Waals surface area contributed by atoms with Crippen LogP contribution in [0.2, 0.25) is 0 Å². The summed E-state index contributed by atoms with van der Waals surface area (Å²) in [5.74, 6) is -4.08. The fraction of sp³-hybridized carbons (Fsp3) is 0.450. The smallest absolute Gasteiger partial charge is 0.326 e. The Morgan fingerprint density at radius 2 is 1.41 bits per heavy atom. The molecule has 0 radical (unpaired) electrons. The van der Waals surface area contributed by atoms with Gasteiger partial charge in [0.2, 0.25) is 5.91 Å². The molecule has 0 fully saturated rings. The maximum Gasteiger partial charge on any atom is 0.326 e. The fourth-order valence-electron chi connectivity index (χ4n) is 2.69. The summed E-state index contributed by atoms with van der Waals surface area (Å²) in [6.45, 7) is 0.345. The van der Waals surface area contributed by atoms with Crippen molar-refractivity contribution in [2.75, 3.05) is 6.54 Å². The number of carboxylic acids is 3. The van der Waals surface area contributed by atoms with E-state index in [2.05, 4.69) is 38.5 Å². The van der Waals surface area contributed by atoms with Gasteiger partial charge in [0, 0.05) is 16.5 Å². The van der Waals surface area contributed by atoms with Crippen LogP contribution in [0.4, 0.5) is 4.79 Å². The molecule has 3 amide bonds. The Morgan fingerprint density at radius 3 is 1.94 bits per heavy atom. The molecule has 1 aromatic carbocycles. The number of unbranched alkanes of at least 4 members (excludes halogenated alkanes) is 1. The average molecular weight is 563 g/mol. The van der Waals surface area contributed by atoms with E-state index in [0.29, 0.717) is 19.4 Å². The third-order valence-electron chi connectivity index (χ3n) is 4.37. The number of rotatable bonds is 14. The van der Waals surface area contributed by atoms with E-state index in [4.69, 9.17) is 10.2 Å². The van der Waals surface area contributed by atoms with E-state index in [1.165, 1.54) is 0 Å². The first-order chi connectivity index (χ1) is 15.1. The Balaban J connectivity index is 2.36. The molecule has 11 nitrogen and oxygen atoms in total. The zero-order chi connectivity index (χ0) is 24.1. The molecule has 6 N–H and O–H groups in total. The largest absolute Gasteiger partial charge is 0.481 e. The molecule has 0 heterocycles. The predicted molar refractivity (Wildman–Crippen MR) is 121 cm³/mol. The number of nitrogens with one attached hydrogen (secondary N) is 3. The van der Waals surface area contributed by atoms with Gasteiger partial charge in [-0.2, -0.15) is 0 Å². The van der Waals surface area contributed by atoms with Crippen molar-refractivity contribution < 1.29 is 39.3 Å². The number of carboxylic acid groups (broad SMARTS) is 3. The van der Waals surface area contributed by atoms with Gasteiger partial charge < -0.3 is 31.3 Å². The highest BCUT2D eigenvalue weighted by atomic mass is 127. The first-order valence-electron chi connectivity index (χ1n) is 9.84. The minimum absolute atomic E-state index is 0.0720. The lowest BCUT2D eigenvalue weighted by Gasteiger charge is -2.18. The minimum atomic E-state index is -1.45. The number of hydrogen-bond acceptors (Lipinski definition) is 5. The Morgan fingerprint density at radius 1 is 0.844 bits per heavy atom. The summed E-state index contributed by atoms with van der Waals surface area (Å²) >= 11 is 2.17. The van der Waals surface area contributed by atoms with Gasteiger partial charge in [-0.15, -0.1) is 0 Å². The standard InChI is InChI=1S/C20H26IN3O8/c21-13-6-4-12(5-7-13)11-16(25)22-10-2-1-3-14(18(28)29)23-20(32)24-15(19(30)31)8-9-17(26)27/h4-7,14-15H,1-3,8-11H2,(H,22,25)(H,26,27)(H,28,29)(H,30,31)(H2,23,24,32). The number of halogens is 1. The van der Waals surface area contributed by atoms with Crippen LogP contribution >= 0.6 is 22.6 Å². The van der Waals surface area contributed by atoms with E-state index in [9.17, 15) is 29.1 Å². The number of carbonyl (C=O) groups is 5. The molecule has 0 aromatic heterocycles. The van der Waals surface area contributed by atoms with Crippen molar-refractivity contribution in [2.45, 2.75) is 50.6 Å². The Hall–Kier alpha value is -2.90. The first-order valence-corrected chi connectivity index (χ1v) is 10.9. The molecule has 0 aliphatic heterocycles. The summed E-state index contributed by atoms with van der Waals surface area (Å²) in [7, 11) is 0. The van der Waals surface area contributed by atoms with Crippen LogP contribution in [-0.4, -0.2) is 63.8 Å². The van der Waals surface area contributed by atoms with E-state index in [1.54, 1.807) is 0 Å². The van der Waals surface area contributed by atoms with Crippen molar-refractivity contribution in [1.29, 1.82) is 0 Å². The minimum Gasteiger partial charge on any atom is -0.481 e. The van der Waals surface area contributed by atoms with Crippen LogP contribution in [0.15, 0.2) is 24.3 Å². The Bertz CT molecular complexity index is 816. The lowest BCUT2D eigenvalue weighted by molar-refractivity contribution is -0.140. The third-order valence-corrected chi connectivity index (χ3v) is 5.09.